The second kappa shape index (κ2) is 7.15. The van der Waals surface area contributed by atoms with Gasteiger partial charge in [0.15, 0.2) is 0 Å². The molecule has 1 aromatic heterocycles. The van der Waals surface area contributed by atoms with E-state index in [0.29, 0.717) is 12.6 Å². The van der Waals surface area contributed by atoms with E-state index >= 15 is 0 Å². The van der Waals surface area contributed by atoms with E-state index in [1.165, 1.54) is 19.3 Å². The summed E-state index contributed by atoms with van der Waals surface area (Å²) in [7, 11) is 0. The Hall–Kier alpha value is -1.85. The minimum absolute atomic E-state index is 0.00643. The second-order valence-corrected chi connectivity index (χ2v) is 6.67. The van der Waals surface area contributed by atoms with Crippen LogP contribution in [0.2, 0.25) is 0 Å². The van der Waals surface area contributed by atoms with E-state index in [-0.39, 0.29) is 24.7 Å². The molecule has 1 aromatic rings. The van der Waals surface area contributed by atoms with E-state index in [1.54, 1.807) is 4.90 Å². The SMILES string of the molecule is Cc1cc2n(n1)CCCN2C(=O)CCC(=O)NC1CCCCC1. The Labute approximate surface area is 137 Å². The van der Waals surface area contributed by atoms with Gasteiger partial charge in [-0.05, 0) is 26.2 Å². The Morgan fingerprint density at radius 3 is 2.74 bits per heavy atom. The minimum atomic E-state index is 0.00643. The van der Waals surface area contributed by atoms with E-state index in [9.17, 15) is 9.59 Å². The number of fused-ring (bicyclic) bond motifs is 1. The van der Waals surface area contributed by atoms with Crippen LogP contribution in [-0.4, -0.2) is 34.2 Å². The fourth-order valence-corrected chi connectivity index (χ4v) is 3.56. The van der Waals surface area contributed by atoms with Crippen molar-refractivity contribution in [1.29, 1.82) is 0 Å². The lowest BCUT2D eigenvalue weighted by Gasteiger charge is -2.27. The monoisotopic (exact) mass is 318 g/mol. The average molecular weight is 318 g/mol. The molecule has 1 fully saturated rings. The molecule has 0 atom stereocenters. The van der Waals surface area contributed by atoms with Crippen molar-refractivity contribution in [2.75, 3.05) is 11.4 Å². The van der Waals surface area contributed by atoms with Crippen molar-refractivity contribution in [2.45, 2.75) is 70.9 Å². The molecule has 0 bridgehead atoms. The molecule has 0 unspecified atom stereocenters. The van der Waals surface area contributed by atoms with Gasteiger partial charge in [0.05, 0.1) is 5.69 Å². The third-order valence-electron chi connectivity index (χ3n) is 4.75. The summed E-state index contributed by atoms with van der Waals surface area (Å²) >= 11 is 0. The molecular formula is C17H26N4O2. The number of hydrogen-bond acceptors (Lipinski definition) is 3. The Bertz CT molecular complexity index is 575. The minimum Gasteiger partial charge on any atom is -0.353 e. The molecule has 1 saturated carbocycles. The molecule has 6 heteroatoms. The molecule has 0 spiro atoms. The van der Waals surface area contributed by atoms with Crippen molar-refractivity contribution in [1.82, 2.24) is 15.1 Å². The summed E-state index contributed by atoms with van der Waals surface area (Å²) in [6, 6.07) is 2.25. The normalized spacial score (nSPS) is 18.6. The van der Waals surface area contributed by atoms with Gasteiger partial charge < -0.3 is 5.32 Å². The third-order valence-corrected chi connectivity index (χ3v) is 4.75. The van der Waals surface area contributed by atoms with E-state index in [4.69, 9.17) is 0 Å². The molecule has 1 aliphatic carbocycles. The molecule has 3 rings (SSSR count). The molecule has 2 amide bonds. The number of aromatic nitrogens is 2. The van der Waals surface area contributed by atoms with Crippen LogP contribution in [0.15, 0.2) is 6.07 Å². The van der Waals surface area contributed by atoms with Crippen LogP contribution in [0.25, 0.3) is 0 Å². The molecule has 2 heterocycles. The Kier molecular flexibility index (Phi) is 4.98. The Morgan fingerprint density at radius 2 is 1.96 bits per heavy atom. The molecular weight excluding hydrogens is 292 g/mol. The van der Waals surface area contributed by atoms with E-state index in [1.807, 2.05) is 17.7 Å². The molecule has 0 saturated heterocycles. The van der Waals surface area contributed by atoms with E-state index in [0.717, 1.165) is 37.3 Å². The van der Waals surface area contributed by atoms with Gasteiger partial charge in [0.25, 0.3) is 0 Å². The first-order valence-corrected chi connectivity index (χ1v) is 8.77. The number of nitrogens with one attached hydrogen (secondary N) is 1. The number of rotatable bonds is 4. The zero-order chi connectivity index (χ0) is 16.2. The average Bonchev–Trinajstić information content (AvgIpc) is 2.93. The van der Waals surface area contributed by atoms with Crippen LogP contribution >= 0.6 is 0 Å². The van der Waals surface area contributed by atoms with Crippen LogP contribution in [0.4, 0.5) is 5.82 Å². The highest BCUT2D eigenvalue weighted by atomic mass is 16.2. The van der Waals surface area contributed by atoms with Gasteiger partial charge in [0.2, 0.25) is 11.8 Å². The zero-order valence-electron chi connectivity index (χ0n) is 13.9. The second-order valence-electron chi connectivity index (χ2n) is 6.67. The predicted molar refractivity (Wildman–Crippen MR) is 88.2 cm³/mol. The van der Waals surface area contributed by atoms with Crippen molar-refractivity contribution >= 4 is 17.6 Å². The zero-order valence-corrected chi connectivity index (χ0v) is 13.9. The summed E-state index contributed by atoms with van der Waals surface area (Å²) in [5.41, 5.74) is 0.926. The lowest BCUT2D eigenvalue weighted by molar-refractivity contribution is -0.125. The van der Waals surface area contributed by atoms with E-state index < -0.39 is 0 Å². The molecule has 0 radical (unpaired) electrons. The molecule has 1 N–H and O–H groups in total. The first-order valence-electron chi connectivity index (χ1n) is 8.77. The number of hydrogen-bond donors (Lipinski definition) is 1. The van der Waals surface area contributed by atoms with Crippen LogP contribution in [0, 0.1) is 6.92 Å². The number of carbonyl (C=O) groups excluding carboxylic acids is 2. The third kappa shape index (κ3) is 3.92. The highest BCUT2D eigenvalue weighted by Crippen LogP contribution is 2.22. The van der Waals surface area contributed by atoms with Crippen molar-refractivity contribution in [2.24, 2.45) is 0 Å². The first-order chi connectivity index (χ1) is 11.1. The Balaban J connectivity index is 1.50. The summed E-state index contributed by atoms with van der Waals surface area (Å²) in [6.45, 7) is 3.51. The molecule has 126 valence electrons. The number of amides is 2. The largest absolute Gasteiger partial charge is 0.353 e. The van der Waals surface area contributed by atoms with Crippen LogP contribution in [0.5, 0.6) is 0 Å². The summed E-state index contributed by atoms with van der Waals surface area (Å²) < 4.78 is 1.89. The van der Waals surface area contributed by atoms with Crippen molar-refractivity contribution in [3.63, 3.8) is 0 Å². The van der Waals surface area contributed by atoms with Gasteiger partial charge >= 0.3 is 0 Å². The summed E-state index contributed by atoms with van der Waals surface area (Å²) in [5.74, 6) is 0.892. The van der Waals surface area contributed by atoms with Gasteiger partial charge in [-0.1, -0.05) is 19.3 Å². The predicted octanol–water partition coefficient (Wildman–Crippen LogP) is 2.16. The topological polar surface area (TPSA) is 67.2 Å². The van der Waals surface area contributed by atoms with E-state index in [2.05, 4.69) is 10.4 Å². The molecule has 0 aromatic carbocycles. The fraction of sp³-hybridized carbons (Fsp3) is 0.706. The number of aryl methyl sites for hydroxylation is 2. The van der Waals surface area contributed by atoms with Gasteiger partial charge in [0, 0.05) is 38.0 Å². The van der Waals surface area contributed by atoms with Crippen molar-refractivity contribution in [3.05, 3.63) is 11.8 Å². The summed E-state index contributed by atoms with van der Waals surface area (Å²) in [5, 5.41) is 7.47. The maximum atomic E-state index is 12.5. The van der Waals surface area contributed by atoms with Crippen molar-refractivity contribution < 1.29 is 9.59 Å². The van der Waals surface area contributed by atoms with Crippen LogP contribution in [0.1, 0.15) is 57.1 Å². The fourth-order valence-electron chi connectivity index (χ4n) is 3.56. The van der Waals surface area contributed by atoms with Gasteiger partial charge in [-0.15, -0.1) is 0 Å². The van der Waals surface area contributed by atoms with Crippen LogP contribution < -0.4 is 10.2 Å². The van der Waals surface area contributed by atoms with Crippen LogP contribution in [-0.2, 0) is 16.1 Å². The van der Waals surface area contributed by atoms with Crippen molar-refractivity contribution in [3.8, 4) is 0 Å². The molecule has 23 heavy (non-hydrogen) atoms. The molecule has 1 aliphatic heterocycles. The highest BCUT2D eigenvalue weighted by Gasteiger charge is 2.24. The van der Waals surface area contributed by atoms with Gasteiger partial charge in [-0.2, -0.15) is 5.10 Å². The lowest BCUT2D eigenvalue weighted by atomic mass is 9.95. The van der Waals surface area contributed by atoms with Crippen LogP contribution in [0.3, 0.4) is 0 Å². The quantitative estimate of drug-likeness (QED) is 0.925. The summed E-state index contributed by atoms with van der Waals surface area (Å²) in [4.78, 5) is 26.3. The van der Waals surface area contributed by atoms with Gasteiger partial charge in [-0.25, -0.2) is 4.68 Å². The summed E-state index contributed by atoms with van der Waals surface area (Å²) in [6.07, 6.45) is 7.26. The Morgan fingerprint density at radius 1 is 1.17 bits per heavy atom. The lowest BCUT2D eigenvalue weighted by Crippen LogP contribution is -2.39. The maximum absolute atomic E-state index is 12.5. The number of anilines is 1. The molecule has 6 nitrogen and oxygen atoms in total. The number of nitrogens with zero attached hydrogens (tertiary/aromatic N) is 3. The van der Waals surface area contributed by atoms with Gasteiger partial charge in [0.1, 0.15) is 5.82 Å². The smallest absolute Gasteiger partial charge is 0.228 e. The van der Waals surface area contributed by atoms with Gasteiger partial charge in [-0.3, -0.25) is 14.5 Å². The standard InChI is InChI=1S/C17H26N4O2/c1-13-12-16-20(10-5-11-21(16)19-13)17(23)9-8-15(22)18-14-6-3-2-4-7-14/h12,14H,2-11H2,1H3,(H,18,22). The maximum Gasteiger partial charge on any atom is 0.228 e. The number of carbonyl (C=O) groups is 2. The first kappa shape index (κ1) is 16.0. The highest BCUT2D eigenvalue weighted by molar-refractivity contribution is 5.95. The molecule has 2 aliphatic rings.